The average Bonchev–Trinajstić information content (AvgIpc) is 3.47. The largest absolute Gasteiger partial charge is 0.385 e. The molecule has 1 aromatic carbocycles. The number of piperidine rings is 1. The number of hydrogen-bond acceptors (Lipinski definition) is 5. The van der Waals surface area contributed by atoms with Crippen LogP contribution in [-0.2, 0) is 16.0 Å². The summed E-state index contributed by atoms with van der Waals surface area (Å²) in [7, 11) is 1.75. The van der Waals surface area contributed by atoms with Gasteiger partial charge in [0.1, 0.15) is 0 Å². The van der Waals surface area contributed by atoms with E-state index in [1.54, 1.807) is 18.4 Å². The van der Waals surface area contributed by atoms with Crippen LogP contribution in [0.1, 0.15) is 36.3 Å². The van der Waals surface area contributed by atoms with Crippen LogP contribution in [-0.4, -0.2) is 69.5 Å². The molecular weight excluding hydrogens is 475 g/mol. The minimum Gasteiger partial charge on any atom is -0.385 e. The molecule has 182 valence electrons. The zero-order valence-electron chi connectivity index (χ0n) is 19.6. The van der Waals surface area contributed by atoms with Gasteiger partial charge in [0, 0.05) is 69.1 Å². The minimum atomic E-state index is 0.587. The summed E-state index contributed by atoms with van der Waals surface area (Å²) < 4.78 is 11.0. The van der Waals surface area contributed by atoms with E-state index in [0.29, 0.717) is 22.8 Å². The molecule has 0 amide bonds. The number of hydrogen-bond donors (Lipinski definition) is 0. The van der Waals surface area contributed by atoms with Crippen molar-refractivity contribution >= 4 is 34.5 Å². The topological polar surface area (TPSA) is 24.9 Å². The van der Waals surface area contributed by atoms with Crippen LogP contribution in [0, 0.1) is 11.8 Å². The molecule has 2 saturated heterocycles. The van der Waals surface area contributed by atoms with Crippen molar-refractivity contribution < 1.29 is 9.47 Å². The molecule has 2 fully saturated rings. The van der Waals surface area contributed by atoms with Crippen molar-refractivity contribution in [2.24, 2.45) is 11.8 Å². The maximum Gasteiger partial charge on any atom is 0.0495 e. The van der Waals surface area contributed by atoms with E-state index in [1.807, 2.05) is 12.1 Å². The second kappa shape index (κ2) is 12.9. The van der Waals surface area contributed by atoms with Crippen molar-refractivity contribution in [1.82, 2.24) is 9.80 Å². The van der Waals surface area contributed by atoms with Gasteiger partial charge in [-0.1, -0.05) is 29.3 Å². The molecule has 33 heavy (non-hydrogen) atoms. The molecule has 0 radical (unpaired) electrons. The zero-order valence-corrected chi connectivity index (χ0v) is 21.9. The molecule has 0 aliphatic carbocycles. The molecule has 1 aromatic heterocycles. The maximum absolute atomic E-state index is 6.48. The third kappa shape index (κ3) is 7.41. The highest BCUT2D eigenvalue weighted by Gasteiger charge is 2.36. The predicted octanol–water partition coefficient (Wildman–Crippen LogP) is 6.04. The summed E-state index contributed by atoms with van der Waals surface area (Å²) in [5, 5.41) is 6.01. The molecule has 7 heteroatoms. The van der Waals surface area contributed by atoms with E-state index in [4.69, 9.17) is 32.7 Å². The first-order chi connectivity index (χ1) is 16.1. The van der Waals surface area contributed by atoms with E-state index in [2.05, 4.69) is 32.7 Å². The highest BCUT2D eigenvalue weighted by atomic mass is 35.5. The van der Waals surface area contributed by atoms with E-state index in [1.165, 1.54) is 38.0 Å². The number of nitrogens with zero attached hydrogens (tertiary/aromatic N) is 2. The van der Waals surface area contributed by atoms with E-state index < -0.39 is 0 Å². The Bertz CT molecular complexity index is 843. The Labute approximate surface area is 212 Å². The number of rotatable bonds is 11. The Morgan fingerprint density at radius 3 is 2.64 bits per heavy atom. The van der Waals surface area contributed by atoms with Crippen LogP contribution in [0.25, 0.3) is 0 Å². The van der Waals surface area contributed by atoms with Crippen molar-refractivity contribution in [2.45, 2.75) is 31.7 Å². The molecule has 4 rings (SSSR count). The summed E-state index contributed by atoms with van der Waals surface area (Å²) in [6.07, 6.45) is 3.47. The smallest absolute Gasteiger partial charge is 0.0495 e. The van der Waals surface area contributed by atoms with Crippen LogP contribution in [0.3, 0.4) is 0 Å². The molecule has 2 aromatic rings. The van der Waals surface area contributed by atoms with Gasteiger partial charge < -0.3 is 14.4 Å². The Morgan fingerprint density at radius 2 is 1.91 bits per heavy atom. The lowest BCUT2D eigenvalue weighted by molar-refractivity contribution is 0.0520. The summed E-state index contributed by atoms with van der Waals surface area (Å²) in [6, 6.07) is 8.18. The van der Waals surface area contributed by atoms with Gasteiger partial charge in [-0.3, -0.25) is 4.90 Å². The minimum absolute atomic E-state index is 0.587. The Morgan fingerprint density at radius 1 is 1.06 bits per heavy atom. The Kier molecular flexibility index (Phi) is 9.92. The van der Waals surface area contributed by atoms with Gasteiger partial charge in [0.05, 0.1) is 0 Å². The first kappa shape index (κ1) is 25.4. The molecule has 2 unspecified atom stereocenters. The monoisotopic (exact) mass is 510 g/mol. The van der Waals surface area contributed by atoms with Crippen molar-refractivity contribution in [3.8, 4) is 0 Å². The fourth-order valence-corrected chi connectivity index (χ4v) is 6.44. The van der Waals surface area contributed by atoms with Gasteiger partial charge >= 0.3 is 0 Å². The summed E-state index contributed by atoms with van der Waals surface area (Å²) in [6.45, 7) is 9.12. The van der Waals surface area contributed by atoms with Gasteiger partial charge in [-0.25, -0.2) is 0 Å². The molecule has 2 atom stereocenters. The van der Waals surface area contributed by atoms with Gasteiger partial charge in [-0.05, 0) is 84.3 Å². The number of likely N-dealkylation sites (tertiary alicyclic amines) is 2. The normalized spacial score (nSPS) is 22.9. The average molecular weight is 512 g/mol. The van der Waals surface area contributed by atoms with Gasteiger partial charge in [0.2, 0.25) is 0 Å². The molecule has 0 bridgehead atoms. The summed E-state index contributed by atoms with van der Waals surface area (Å²) >= 11 is 14.4. The van der Waals surface area contributed by atoms with Crippen LogP contribution < -0.4 is 0 Å². The molecule has 2 aliphatic heterocycles. The molecule has 0 spiro atoms. The van der Waals surface area contributed by atoms with Crippen molar-refractivity contribution in [1.29, 1.82) is 0 Å². The fraction of sp³-hybridized carbons (Fsp3) is 0.615. The zero-order chi connectivity index (χ0) is 23.0. The standard InChI is InChI=1S/C26H36Cl2N2O2S/c1-31-10-2-11-32-18-20-5-8-29(9-6-20)15-23-16-30(17-25(23)22-7-12-33-19-22)14-21-3-4-24(27)13-26(21)28/h3-4,7,12-13,19-20,23,25H,2,5-6,8-11,14-18H2,1H3. The van der Waals surface area contributed by atoms with Crippen LogP contribution in [0.2, 0.25) is 10.0 Å². The maximum atomic E-state index is 6.48. The first-order valence-electron chi connectivity index (χ1n) is 12.1. The predicted molar refractivity (Wildman–Crippen MR) is 139 cm³/mol. The second-order valence-electron chi connectivity index (χ2n) is 9.52. The van der Waals surface area contributed by atoms with Gasteiger partial charge in [-0.2, -0.15) is 11.3 Å². The Hall–Kier alpha value is -0.660. The van der Waals surface area contributed by atoms with E-state index >= 15 is 0 Å². The summed E-state index contributed by atoms with van der Waals surface area (Å²) in [5.74, 6) is 1.93. The van der Waals surface area contributed by atoms with Gasteiger partial charge in [0.25, 0.3) is 0 Å². The number of benzene rings is 1. The van der Waals surface area contributed by atoms with E-state index in [9.17, 15) is 0 Å². The molecular formula is C26H36Cl2N2O2S. The molecule has 4 nitrogen and oxygen atoms in total. The third-order valence-corrected chi connectivity index (χ3v) is 8.38. The highest BCUT2D eigenvalue weighted by Crippen LogP contribution is 2.36. The molecule has 3 heterocycles. The number of ether oxygens (including phenoxy) is 2. The molecule has 2 aliphatic rings. The fourth-order valence-electron chi connectivity index (χ4n) is 5.25. The SMILES string of the molecule is COCCCOCC1CCN(CC2CN(Cc3ccc(Cl)cc3Cl)CC2c2ccsc2)CC1. The quantitative estimate of drug-likeness (QED) is 0.344. The number of methoxy groups -OCH3 is 1. The molecule has 0 saturated carbocycles. The lowest BCUT2D eigenvalue weighted by Crippen LogP contribution is -2.39. The molecule has 0 N–H and O–H groups in total. The van der Waals surface area contributed by atoms with Gasteiger partial charge in [0.15, 0.2) is 0 Å². The van der Waals surface area contributed by atoms with Crippen LogP contribution in [0.4, 0.5) is 0 Å². The highest BCUT2D eigenvalue weighted by molar-refractivity contribution is 7.08. The third-order valence-electron chi connectivity index (χ3n) is 7.09. The Balaban J connectivity index is 1.29. The summed E-state index contributed by atoms with van der Waals surface area (Å²) in [5.41, 5.74) is 2.66. The van der Waals surface area contributed by atoms with E-state index in [-0.39, 0.29) is 0 Å². The summed E-state index contributed by atoms with van der Waals surface area (Å²) in [4.78, 5) is 5.26. The van der Waals surface area contributed by atoms with Crippen molar-refractivity contribution in [3.05, 3.63) is 56.2 Å². The van der Waals surface area contributed by atoms with Crippen LogP contribution in [0.5, 0.6) is 0 Å². The van der Waals surface area contributed by atoms with Crippen molar-refractivity contribution in [3.63, 3.8) is 0 Å². The lowest BCUT2D eigenvalue weighted by atomic mass is 9.89. The van der Waals surface area contributed by atoms with Crippen LogP contribution >= 0.6 is 34.5 Å². The van der Waals surface area contributed by atoms with Crippen molar-refractivity contribution in [2.75, 3.05) is 59.7 Å². The number of thiophene rings is 1. The van der Waals surface area contributed by atoms with Crippen LogP contribution in [0.15, 0.2) is 35.0 Å². The van der Waals surface area contributed by atoms with Gasteiger partial charge in [-0.15, -0.1) is 0 Å². The van der Waals surface area contributed by atoms with E-state index in [0.717, 1.165) is 56.5 Å². The number of halogens is 2. The first-order valence-corrected chi connectivity index (χ1v) is 13.8. The lowest BCUT2D eigenvalue weighted by Gasteiger charge is -2.34. The second-order valence-corrected chi connectivity index (χ2v) is 11.1.